The van der Waals surface area contributed by atoms with E-state index in [0.29, 0.717) is 0 Å². The number of non-ortho nitro benzene ring substituents is 1. The minimum Gasteiger partial charge on any atom is -0.378 e. The van der Waals surface area contributed by atoms with E-state index in [2.05, 4.69) is 26.1 Å². The first kappa shape index (κ1) is 19.0. The van der Waals surface area contributed by atoms with Crippen LogP contribution in [0.15, 0.2) is 30.6 Å². The number of rotatable bonds is 7. The largest absolute Gasteiger partial charge is 0.378 e. The van der Waals surface area contributed by atoms with Crippen LogP contribution in [-0.2, 0) is 4.79 Å². The van der Waals surface area contributed by atoms with E-state index in [1.807, 2.05) is 0 Å². The topological polar surface area (TPSA) is 208 Å². The van der Waals surface area contributed by atoms with E-state index in [1.165, 1.54) is 12.1 Å². The van der Waals surface area contributed by atoms with Crippen LogP contribution < -0.4 is 21.9 Å². The van der Waals surface area contributed by atoms with Gasteiger partial charge in [-0.05, 0) is 12.1 Å². The van der Waals surface area contributed by atoms with E-state index < -0.39 is 39.7 Å². The molecule has 140 valence electrons. The fraction of sp³-hybridized carbons (Fsp3) is 0.0769. The Balaban J connectivity index is 1.90. The molecule has 0 saturated heterocycles. The highest BCUT2D eigenvalue weighted by Gasteiger charge is 2.21. The van der Waals surface area contributed by atoms with E-state index >= 15 is 0 Å². The van der Waals surface area contributed by atoms with Gasteiger partial charge in [-0.25, -0.2) is 9.97 Å². The van der Waals surface area contributed by atoms with Crippen molar-refractivity contribution in [3.8, 4) is 0 Å². The molecule has 0 fully saturated rings. The van der Waals surface area contributed by atoms with E-state index in [4.69, 9.17) is 5.73 Å². The quantitative estimate of drug-likeness (QED) is 0.367. The van der Waals surface area contributed by atoms with Crippen molar-refractivity contribution in [3.05, 3.63) is 56.4 Å². The van der Waals surface area contributed by atoms with Gasteiger partial charge in [0.25, 0.3) is 17.5 Å². The SMILES string of the molecule is Nc1ncnc(NNC(=O)CNC(=O)c2ccc([N+](=O)[O-])cc2)c1[N+](=O)[O-]. The molecule has 0 aliphatic carbocycles. The van der Waals surface area contributed by atoms with E-state index in [9.17, 15) is 29.8 Å². The maximum Gasteiger partial charge on any atom is 0.354 e. The predicted octanol–water partition coefficient (Wildman–Crippen LogP) is -0.252. The first-order valence-electron chi connectivity index (χ1n) is 7.12. The van der Waals surface area contributed by atoms with E-state index in [1.54, 1.807) is 0 Å². The molecule has 14 heteroatoms. The number of nitrogens with two attached hydrogens (primary N) is 1. The van der Waals surface area contributed by atoms with Crippen molar-refractivity contribution >= 4 is 34.8 Å². The molecule has 2 rings (SSSR count). The van der Waals surface area contributed by atoms with Crippen molar-refractivity contribution in [2.45, 2.75) is 0 Å². The van der Waals surface area contributed by atoms with Crippen LogP contribution >= 0.6 is 0 Å². The zero-order chi connectivity index (χ0) is 20.0. The molecule has 2 amide bonds. The molecule has 1 aromatic heterocycles. The number of benzene rings is 1. The third-order valence-corrected chi connectivity index (χ3v) is 3.10. The molecule has 0 bridgehead atoms. The third-order valence-electron chi connectivity index (χ3n) is 3.10. The molecular weight excluding hydrogens is 364 g/mol. The number of nitro benzene ring substituents is 1. The molecule has 0 unspecified atom stereocenters. The molecule has 0 radical (unpaired) electrons. The standard InChI is InChI=1S/C13H12N8O6/c14-11-10(21(26)27)12(17-6-16-11)19-18-9(22)5-15-13(23)7-1-3-8(4-2-7)20(24)25/h1-4,6H,5H2,(H,15,23)(H,18,22)(H3,14,16,17,19). The van der Waals surface area contributed by atoms with Gasteiger partial charge in [-0.2, -0.15) is 0 Å². The molecule has 2 aromatic rings. The summed E-state index contributed by atoms with van der Waals surface area (Å²) >= 11 is 0. The van der Waals surface area contributed by atoms with Crippen molar-refractivity contribution in [1.82, 2.24) is 20.7 Å². The molecule has 5 N–H and O–H groups in total. The second kappa shape index (κ2) is 8.15. The van der Waals surface area contributed by atoms with Crippen LogP contribution in [0.1, 0.15) is 10.4 Å². The molecule has 1 aromatic carbocycles. The summed E-state index contributed by atoms with van der Waals surface area (Å²) in [5.74, 6) is -2.10. The summed E-state index contributed by atoms with van der Waals surface area (Å²) in [6, 6.07) is 4.76. The summed E-state index contributed by atoms with van der Waals surface area (Å²) in [6.07, 6.45) is 0.965. The van der Waals surface area contributed by atoms with Gasteiger partial charge in [-0.3, -0.25) is 40.7 Å². The molecule has 0 aliphatic heterocycles. The third kappa shape index (κ3) is 4.81. The Morgan fingerprint density at radius 2 is 1.74 bits per heavy atom. The van der Waals surface area contributed by atoms with E-state index in [0.717, 1.165) is 18.5 Å². The maximum absolute atomic E-state index is 11.9. The van der Waals surface area contributed by atoms with Gasteiger partial charge < -0.3 is 11.1 Å². The van der Waals surface area contributed by atoms with Crippen LogP contribution in [0.2, 0.25) is 0 Å². The number of nitrogens with zero attached hydrogens (tertiary/aromatic N) is 4. The van der Waals surface area contributed by atoms with Gasteiger partial charge in [0.2, 0.25) is 11.6 Å². The number of nitrogens with one attached hydrogen (secondary N) is 3. The summed E-state index contributed by atoms with van der Waals surface area (Å²) in [6.45, 7) is -0.475. The van der Waals surface area contributed by atoms with Crippen LogP contribution in [0.4, 0.5) is 23.0 Å². The first-order chi connectivity index (χ1) is 12.8. The maximum atomic E-state index is 11.9. The van der Waals surface area contributed by atoms with Crippen molar-refractivity contribution in [2.75, 3.05) is 17.7 Å². The molecule has 0 aliphatic rings. The lowest BCUT2D eigenvalue weighted by atomic mass is 10.2. The van der Waals surface area contributed by atoms with Gasteiger partial charge in [0, 0.05) is 17.7 Å². The summed E-state index contributed by atoms with van der Waals surface area (Å²) < 4.78 is 0. The lowest BCUT2D eigenvalue weighted by Gasteiger charge is -2.09. The summed E-state index contributed by atoms with van der Waals surface area (Å²) in [5.41, 5.74) is 9.02. The lowest BCUT2D eigenvalue weighted by Crippen LogP contribution is -2.39. The Hall–Kier alpha value is -4.36. The van der Waals surface area contributed by atoms with Gasteiger partial charge >= 0.3 is 5.69 Å². The number of aromatic nitrogens is 2. The monoisotopic (exact) mass is 376 g/mol. The zero-order valence-corrected chi connectivity index (χ0v) is 13.4. The second-order valence-electron chi connectivity index (χ2n) is 4.87. The van der Waals surface area contributed by atoms with Crippen LogP contribution in [0, 0.1) is 20.2 Å². The number of nitro groups is 2. The molecule has 0 spiro atoms. The number of hydrogen-bond acceptors (Lipinski definition) is 10. The van der Waals surface area contributed by atoms with Gasteiger partial charge in [-0.15, -0.1) is 0 Å². The minimum atomic E-state index is -0.819. The van der Waals surface area contributed by atoms with Crippen molar-refractivity contribution < 1.29 is 19.4 Å². The van der Waals surface area contributed by atoms with Crippen LogP contribution in [0.25, 0.3) is 0 Å². The number of hydrogen-bond donors (Lipinski definition) is 4. The lowest BCUT2D eigenvalue weighted by molar-refractivity contribution is -0.384. The number of carbonyl (C=O) groups excluding carboxylic acids is 2. The summed E-state index contributed by atoms with van der Waals surface area (Å²) in [5, 5.41) is 23.8. The normalized spacial score (nSPS) is 9.93. The fourth-order valence-corrected chi connectivity index (χ4v) is 1.83. The highest BCUT2D eigenvalue weighted by Crippen LogP contribution is 2.25. The zero-order valence-electron chi connectivity index (χ0n) is 13.4. The number of carbonyl (C=O) groups is 2. The predicted molar refractivity (Wildman–Crippen MR) is 90.3 cm³/mol. The van der Waals surface area contributed by atoms with Crippen LogP contribution in [-0.4, -0.2) is 38.2 Å². The first-order valence-corrected chi connectivity index (χ1v) is 7.12. The summed E-state index contributed by atoms with van der Waals surface area (Å²) in [7, 11) is 0. The number of amides is 2. The average Bonchev–Trinajstić information content (AvgIpc) is 2.64. The Morgan fingerprint density at radius 3 is 2.33 bits per heavy atom. The Bertz CT molecular complexity index is 900. The Kier molecular flexibility index (Phi) is 5.72. The Labute approximate surface area is 150 Å². The van der Waals surface area contributed by atoms with E-state index in [-0.39, 0.29) is 17.1 Å². The highest BCUT2D eigenvalue weighted by molar-refractivity contribution is 5.96. The number of hydrazine groups is 1. The molecular formula is C13H12N8O6. The number of nitrogen functional groups attached to an aromatic ring is 1. The molecule has 0 saturated carbocycles. The van der Waals surface area contributed by atoms with Gasteiger partial charge in [-0.1, -0.05) is 0 Å². The molecule has 1 heterocycles. The average molecular weight is 376 g/mol. The van der Waals surface area contributed by atoms with Crippen molar-refractivity contribution in [2.24, 2.45) is 0 Å². The minimum absolute atomic E-state index is 0.112. The highest BCUT2D eigenvalue weighted by atomic mass is 16.6. The van der Waals surface area contributed by atoms with Gasteiger partial charge in [0.05, 0.1) is 16.4 Å². The molecule has 0 atom stereocenters. The van der Waals surface area contributed by atoms with Crippen LogP contribution in [0.3, 0.4) is 0 Å². The van der Waals surface area contributed by atoms with Crippen molar-refractivity contribution in [3.63, 3.8) is 0 Å². The summed E-state index contributed by atoms with van der Waals surface area (Å²) in [4.78, 5) is 50.7. The van der Waals surface area contributed by atoms with Crippen molar-refractivity contribution in [1.29, 1.82) is 0 Å². The number of anilines is 2. The molecule has 27 heavy (non-hydrogen) atoms. The molecule has 14 nitrogen and oxygen atoms in total. The van der Waals surface area contributed by atoms with Gasteiger partial charge in [0.1, 0.15) is 6.33 Å². The van der Waals surface area contributed by atoms with Gasteiger partial charge in [0.15, 0.2) is 0 Å². The smallest absolute Gasteiger partial charge is 0.354 e. The fourth-order valence-electron chi connectivity index (χ4n) is 1.83. The van der Waals surface area contributed by atoms with Crippen LogP contribution in [0.5, 0.6) is 0 Å². The second-order valence-corrected chi connectivity index (χ2v) is 4.87. The Morgan fingerprint density at radius 1 is 1.07 bits per heavy atom.